The molecule has 0 aliphatic rings. The molecule has 1 rings (SSSR count). The maximum atomic E-state index is 11.4. The van der Waals surface area contributed by atoms with Gasteiger partial charge in [0.05, 0.1) is 12.8 Å². The summed E-state index contributed by atoms with van der Waals surface area (Å²) < 4.78 is 31.0. The van der Waals surface area contributed by atoms with Crippen molar-refractivity contribution in [2.75, 3.05) is 17.0 Å². The molecule has 0 spiro atoms. The fourth-order valence-corrected chi connectivity index (χ4v) is 2.53. The lowest BCUT2D eigenvalue weighted by atomic mass is 10.2. The van der Waals surface area contributed by atoms with Gasteiger partial charge >= 0.3 is 0 Å². The second-order valence-electron chi connectivity index (χ2n) is 3.13. The molecule has 7 heteroatoms. The molecule has 0 fully saturated rings. The number of nitrogens with one attached hydrogen (secondary N) is 1. The number of alkyl halides is 1. The molecule has 0 unspecified atom stereocenters. The Balaban J connectivity index is 3.23. The van der Waals surface area contributed by atoms with Gasteiger partial charge in [0, 0.05) is 4.47 Å². The topological polar surface area (TPSA) is 55.4 Å². The Morgan fingerprint density at radius 2 is 2.12 bits per heavy atom. The van der Waals surface area contributed by atoms with Crippen molar-refractivity contribution in [2.45, 2.75) is 6.92 Å². The van der Waals surface area contributed by atoms with Crippen LogP contribution in [0.25, 0.3) is 0 Å². The molecule has 0 amide bonds. The van der Waals surface area contributed by atoms with Crippen molar-refractivity contribution in [3.05, 3.63) is 22.2 Å². The average molecular weight is 329 g/mol. The second kappa shape index (κ2) is 5.25. The standard InChI is InChI=1S/C9H11BrClNO3S/c1-6-3-7(10)4-8(15-2)9(6)12-16(13,14)5-11/h3-4,12H,5H2,1-2H3. The molecule has 0 aromatic heterocycles. The van der Waals surface area contributed by atoms with E-state index in [2.05, 4.69) is 20.7 Å². The number of sulfonamides is 1. The van der Waals surface area contributed by atoms with Gasteiger partial charge in [-0.25, -0.2) is 8.42 Å². The quantitative estimate of drug-likeness (QED) is 0.865. The van der Waals surface area contributed by atoms with Gasteiger partial charge in [0.1, 0.15) is 11.0 Å². The van der Waals surface area contributed by atoms with E-state index < -0.39 is 15.2 Å². The highest BCUT2D eigenvalue weighted by Crippen LogP contribution is 2.32. The van der Waals surface area contributed by atoms with Crippen LogP contribution in [0.4, 0.5) is 5.69 Å². The van der Waals surface area contributed by atoms with E-state index in [-0.39, 0.29) is 0 Å². The first-order chi connectivity index (χ1) is 7.39. The van der Waals surface area contributed by atoms with Gasteiger partial charge in [-0.3, -0.25) is 4.72 Å². The first kappa shape index (κ1) is 13.6. The van der Waals surface area contributed by atoms with E-state index in [1.165, 1.54) is 7.11 Å². The number of benzene rings is 1. The van der Waals surface area contributed by atoms with E-state index in [1.807, 2.05) is 0 Å². The van der Waals surface area contributed by atoms with Crippen LogP contribution in [-0.4, -0.2) is 20.7 Å². The summed E-state index contributed by atoms with van der Waals surface area (Å²) in [5.41, 5.74) is 1.16. The number of aryl methyl sites for hydroxylation is 1. The van der Waals surface area contributed by atoms with E-state index in [9.17, 15) is 8.42 Å². The van der Waals surface area contributed by atoms with E-state index in [0.717, 1.165) is 10.0 Å². The van der Waals surface area contributed by atoms with Gasteiger partial charge in [-0.15, -0.1) is 11.6 Å². The van der Waals surface area contributed by atoms with Crippen molar-refractivity contribution in [3.8, 4) is 5.75 Å². The lowest BCUT2D eigenvalue weighted by molar-refractivity contribution is 0.416. The maximum absolute atomic E-state index is 11.4. The smallest absolute Gasteiger partial charge is 0.246 e. The molecule has 1 aromatic rings. The van der Waals surface area contributed by atoms with Crippen molar-refractivity contribution in [3.63, 3.8) is 0 Å². The summed E-state index contributed by atoms with van der Waals surface area (Å²) >= 11 is 8.62. The van der Waals surface area contributed by atoms with Crippen LogP contribution in [0.3, 0.4) is 0 Å². The first-order valence-electron chi connectivity index (χ1n) is 4.30. The summed E-state index contributed by atoms with van der Waals surface area (Å²) in [5, 5.41) is -0.494. The molecule has 0 radical (unpaired) electrons. The first-order valence-corrected chi connectivity index (χ1v) is 7.28. The Bertz CT molecular complexity index is 490. The molecular formula is C9H11BrClNO3S. The molecule has 1 aromatic carbocycles. The largest absolute Gasteiger partial charge is 0.495 e. The minimum Gasteiger partial charge on any atom is -0.495 e. The van der Waals surface area contributed by atoms with Crippen LogP contribution in [0.1, 0.15) is 5.56 Å². The normalized spacial score (nSPS) is 11.2. The summed E-state index contributed by atoms with van der Waals surface area (Å²) in [4.78, 5) is 0. The van der Waals surface area contributed by atoms with Gasteiger partial charge in [0.15, 0.2) is 0 Å². The van der Waals surface area contributed by atoms with Crippen LogP contribution in [0.2, 0.25) is 0 Å². The number of methoxy groups -OCH3 is 1. The van der Waals surface area contributed by atoms with Crippen LogP contribution >= 0.6 is 27.5 Å². The van der Waals surface area contributed by atoms with Crippen molar-refractivity contribution in [2.24, 2.45) is 0 Å². The van der Waals surface area contributed by atoms with Crippen LogP contribution in [0.15, 0.2) is 16.6 Å². The molecule has 4 nitrogen and oxygen atoms in total. The third-order valence-electron chi connectivity index (χ3n) is 1.89. The summed E-state index contributed by atoms with van der Waals surface area (Å²) in [7, 11) is -2.05. The molecule has 0 heterocycles. The molecule has 0 aliphatic carbocycles. The number of rotatable bonds is 4. The SMILES string of the molecule is COc1cc(Br)cc(C)c1NS(=O)(=O)CCl. The van der Waals surface area contributed by atoms with Gasteiger partial charge in [-0.05, 0) is 24.6 Å². The van der Waals surface area contributed by atoms with E-state index in [0.29, 0.717) is 11.4 Å². The van der Waals surface area contributed by atoms with Crippen LogP contribution in [0, 0.1) is 6.92 Å². The van der Waals surface area contributed by atoms with Gasteiger partial charge in [0.25, 0.3) is 0 Å². The number of halogens is 2. The van der Waals surface area contributed by atoms with Crippen LogP contribution in [-0.2, 0) is 10.0 Å². The molecule has 0 bridgehead atoms. The van der Waals surface area contributed by atoms with Crippen LogP contribution in [0.5, 0.6) is 5.75 Å². The van der Waals surface area contributed by atoms with Gasteiger partial charge in [-0.2, -0.15) is 0 Å². The van der Waals surface area contributed by atoms with Crippen LogP contribution < -0.4 is 9.46 Å². The number of anilines is 1. The minimum absolute atomic E-state index is 0.409. The Kier molecular flexibility index (Phi) is 4.46. The molecule has 0 saturated heterocycles. The molecular weight excluding hydrogens is 318 g/mol. The molecule has 0 aliphatic heterocycles. The highest BCUT2D eigenvalue weighted by Gasteiger charge is 2.14. The van der Waals surface area contributed by atoms with Crippen molar-refractivity contribution >= 4 is 43.2 Å². The highest BCUT2D eigenvalue weighted by molar-refractivity contribution is 9.10. The predicted molar refractivity (Wildman–Crippen MR) is 68.7 cm³/mol. The maximum Gasteiger partial charge on any atom is 0.246 e. The molecule has 0 atom stereocenters. The zero-order chi connectivity index (χ0) is 12.3. The predicted octanol–water partition coefficient (Wildman–Crippen LogP) is 2.70. The van der Waals surface area contributed by atoms with Gasteiger partial charge < -0.3 is 4.74 Å². The van der Waals surface area contributed by atoms with Crippen molar-refractivity contribution in [1.82, 2.24) is 0 Å². The highest BCUT2D eigenvalue weighted by atomic mass is 79.9. The van der Waals surface area contributed by atoms with E-state index in [4.69, 9.17) is 16.3 Å². The lowest BCUT2D eigenvalue weighted by Crippen LogP contribution is -2.15. The number of ether oxygens (including phenoxy) is 1. The molecule has 16 heavy (non-hydrogen) atoms. The third-order valence-corrected chi connectivity index (χ3v) is 4.01. The van der Waals surface area contributed by atoms with E-state index in [1.54, 1.807) is 19.1 Å². The summed E-state index contributed by atoms with van der Waals surface area (Å²) in [6.45, 7) is 1.78. The molecule has 0 saturated carbocycles. The van der Waals surface area contributed by atoms with Gasteiger partial charge in [-0.1, -0.05) is 15.9 Å². The zero-order valence-corrected chi connectivity index (χ0v) is 11.9. The fourth-order valence-electron chi connectivity index (χ4n) is 1.19. The second-order valence-corrected chi connectivity index (χ2v) is 6.35. The fraction of sp³-hybridized carbons (Fsp3) is 0.333. The summed E-state index contributed by atoms with van der Waals surface area (Å²) in [6.07, 6.45) is 0. The summed E-state index contributed by atoms with van der Waals surface area (Å²) in [5.74, 6) is 0.445. The Morgan fingerprint density at radius 1 is 1.50 bits per heavy atom. The summed E-state index contributed by atoms with van der Waals surface area (Å²) in [6, 6.07) is 3.47. The molecule has 90 valence electrons. The Labute approximate surface area is 108 Å². The average Bonchev–Trinajstić information content (AvgIpc) is 2.21. The monoisotopic (exact) mass is 327 g/mol. The number of hydrogen-bond acceptors (Lipinski definition) is 3. The van der Waals surface area contributed by atoms with Gasteiger partial charge in [0.2, 0.25) is 10.0 Å². The Morgan fingerprint density at radius 3 is 2.62 bits per heavy atom. The third kappa shape index (κ3) is 3.26. The Hall–Kier alpha value is -0.460. The number of hydrogen-bond donors (Lipinski definition) is 1. The zero-order valence-electron chi connectivity index (χ0n) is 8.75. The molecule has 1 N–H and O–H groups in total. The minimum atomic E-state index is -3.52. The van der Waals surface area contributed by atoms with Crippen molar-refractivity contribution in [1.29, 1.82) is 0 Å². The van der Waals surface area contributed by atoms with Crippen molar-refractivity contribution < 1.29 is 13.2 Å². The lowest BCUT2D eigenvalue weighted by Gasteiger charge is -2.13. The van der Waals surface area contributed by atoms with E-state index >= 15 is 0 Å².